The molecule has 0 aromatic heterocycles. The monoisotopic (exact) mass is 231 g/mol. The topological polar surface area (TPSA) is 46.2 Å². The molecule has 0 radical (unpaired) electrons. The van der Waals surface area contributed by atoms with Crippen LogP contribution in [0.25, 0.3) is 0 Å². The Balaban J connectivity index is 3.07. The smallest absolute Gasteiger partial charge is 0.211 e. The highest BCUT2D eigenvalue weighted by Gasteiger charge is 2.11. The predicted octanol–water partition coefficient (Wildman–Crippen LogP) is 1.71. The minimum Gasteiger partial charge on any atom is -0.211 e. The lowest BCUT2D eigenvalue weighted by molar-refractivity contribution is 0.583. The molecule has 14 heavy (non-hydrogen) atoms. The average molecular weight is 231 g/mol. The van der Waals surface area contributed by atoms with Crippen molar-refractivity contribution in [2.75, 3.05) is 12.8 Å². The summed E-state index contributed by atoms with van der Waals surface area (Å²) in [5, 5.41) is 0. The van der Waals surface area contributed by atoms with Crippen molar-refractivity contribution in [3.05, 3.63) is 24.3 Å². The summed E-state index contributed by atoms with van der Waals surface area (Å²) in [5.74, 6) is 0. The first-order valence-electron chi connectivity index (χ1n) is 4.24. The maximum atomic E-state index is 11.6. The minimum absolute atomic E-state index is 0.325. The summed E-state index contributed by atoms with van der Waals surface area (Å²) in [5.41, 5.74) is 0. The second-order valence-corrected chi connectivity index (χ2v) is 5.33. The van der Waals surface area contributed by atoms with Crippen molar-refractivity contribution in [2.45, 2.75) is 16.7 Å². The summed E-state index contributed by atoms with van der Waals surface area (Å²) in [6, 6.07) is 6.89. The molecule has 0 aliphatic carbocycles. The molecule has 78 valence electrons. The molecule has 0 spiro atoms. The molecule has 0 atom stereocenters. The van der Waals surface area contributed by atoms with Gasteiger partial charge in [-0.2, -0.15) is 0 Å². The van der Waals surface area contributed by atoms with Crippen LogP contribution in [0.4, 0.5) is 0 Å². The molecule has 0 heterocycles. The van der Waals surface area contributed by atoms with E-state index in [1.54, 1.807) is 25.1 Å². The lowest BCUT2D eigenvalue weighted by atomic mass is 10.4. The molecule has 1 aromatic carbocycles. The number of hydrogen-bond acceptors (Lipinski definition) is 3. The van der Waals surface area contributed by atoms with Gasteiger partial charge in [0.1, 0.15) is 0 Å². The summed E-state index contributed by atoms with van der Waals surface area (Å²) >= 11 is 1.52. The van der Waals surface area contributed by atoms with E-state index in [1.807, 2.05) is 12.3 Å². The van der Waals surface area contributed by atoms with E-state index in [-0.39, 0.29) is 0 Å². The quantitative estimate of drug-likeness (QED) is 0.802. The van der Waals surface area contributed by atoms with Gasteiger partial charge in [-0.3, -0.25) is 0 Å². The molecule has 0 bridgehead atoms. The minimum atomic E-state index is -3.31. The molecule has 0 fully saturated rings. The van der Waals surface area contributed by atoms with Gasteiger partial charge in [-0.05, 0) is 24.5 Å². The van der Waals surface area contributed by atoms with Gasteiger partial charge in [-0.15, -0.1) is 11.8 Å². The zero-order valence-corrected chi connectivity index (χ0v) is 9.78. The van der Waals surface area contributed by atoms with E-state index < -0.39 is 10.0 Å². The van der Waals surface area contributed by atoms with Gasteiger partial charge >= 0.3 is 0 Å². The predicted molar refractivity (Wildman–Crippen MR) is 59.1 cm³/mol. The van der Waals surface area contributed by atoms with Crippen molar-refractivity contribution in [3.8, 4) is 0 Å². The van der Waals surface area contributed by atoms with Gasteiger partial charge in [0, 0.05) is 11.4 Å². The number of benzene rings is 1. The van der Waals surface area contributed by atoms with E-state index in [0.717, 1.165) is 4.90 Å². The van der Waals surface area contributed by atoms with E-state index in [1.165, 1.54) is 11.8 Å². The third-order valence-corrected chi connectivity index (χ3v) is 3.95. The van der Waals surface area contributed by atoms with Crippen LogP contribution in [0, 0.1) is 0 Å². The lowest BCUT2D eigenvalue weighted by Gasteiger charge is -2.05. The first kappa shape index (κ1) is 11.6. The third kappa shape index (κ3) is 2.73. The molecule has 1 aromatic rings. The summed E-state index contributed by atoms with van der Waals surface area (Å²) in [7, 11) is -3.31. The molecule has 3 nitrogen and oxygen atoms in total. The summed E-state index contributed by atoms with van der Waals surface area (Å²) < 4.78 is 25.6. The van der Waals surface area contributed by atoms with E-state index in [9.17, 15) is 8.42 Å². The van der Waals surface area contributed by atoms with Crippen molar-refractivity contribution in [2.24, 2.45) is 0 Å². The van der Waals surface area contributed by atoms with Gasteiger partial charge in [0.15, 0.2) is 0 Å². The maximum absolute atomic E-state index is 11.6. The molecule has 5 heteroatoms. The zero-order chi connectivity index (χ0) is 10.6. The Morgan fingerprint density at radius 1 is 1.43 bits per heavy atom. The van der Waals surface area contributed by atoms with Crippen LogP contribution in [-0.2, 0) is 10.0 Å². The van der Waals surface area contributed by atoms with Gasteiger partial charge in [0.25, 0.3) is 0 Å². The molecule has 1 rings (SSSR count). The van der Waals surface area contributed by atoms with Crippen LogP contribution in [0.15, 0.2) is 34.1 Å². The highest BCUT2D eigenvalue weighted by atomic mass is 32.2. The molecule has 1 N–H and O–H groups in total. The molecule has 0 amide bonds. The van der Waals surface area contributed by atoms with Gasteiger partial charge < -0.3 is 0 Å². The van der Waals surface area contributed by atoms with Gasteiger partial charge in [0.2, 0.25) is 10.0 Å². The van der Waals surface area contributed by atoms with E-state index in [0.29, 0.717) is 11.4 Å². The van der Waals surface area contributed by atoms with Crippen LogP contribution in [-0.4, -0.2) is 21.2 Å². The molecule has 0 aliphatic rings. The van der Waals surface area contributed by atoms with Crippen LogP contribution in [0.3, 0.4) is 0 Å². The number of hydrogen-bond donors (Lipinski definition) is 1. The lowest BCUT2D eigenvalue weighted by Crippen LogP contribution is -2.23. The molecule has 0 aliphatic heterocycles. The third-order valence-electron chi connectivity index (χ3n) is 1.69. The largest absolute Gasteiger partial charge is 0.240 e. The average Bonchev–Trinajstić information content (AvgIpc) is 2.18. The Morgan fingerprint density at radius 3 is 2.71 bits per heavy atom. The molecular formula is C9H13NO2S2. The first-order chi connectivity index (χ1) is 6.60. The Labute approximate surface area is 89.0 Å². The molecule has 0 saturated heterocycles. The number of rotatable bonds is 4. The Hall–Kier alpha value is -0.520. The normalized spacial score (nSPS) is 11.6. The second kappa shape index (κ2) is 4.82. The van der Waals surface area contributed by atoms with Crippen LogP contribution in [0.5, 0.6) is 0 Å². The van der Waals surface area contributed by atoms with Crippen molar-refractivity contribution >= 4 is 21.8 Å². The van der Waals surface area contributed by atoms with E-state index in [4.69, 9.17) is 0 Å². The fourth-order valence-electron chi connectivity index (χ4n) is 1.04. The fourth-order valence-corrected chi connectivity index (χ4v) is 2.66. The summed E-state index contributed by atoms with van der Waals surface area (Å²) in [4.78, 5) is 1.27. The molecule has 0 saturated carbocycles. The highest BCUT2D eigenvalue weighted by Crippen LogP contribution is 2.18. The summed E-state index contributed by atoms with van der Waals surface area (Å²) in [6.45, 7) is 2.17. The number of sulfonamides is 1. The second-order valence-electron chi connectivity index (χ2n) is 2.68. The Bertz CT molecular complexity index is 401. The maximum Gasteiger partial charge on any atom is 0.240 e. The van der Waals surface area contributed by atoms with Crippen LogP contribution >= 0.6 is 11.8 Å². The van der Waals surface area contributed by atoms with Crippen molar-refractivity contribution < 1.29 is 8.42 Å². The van der Waals surface area contributed by atoms with Gasteiger partial charge in [0.05, 0.1) is 4.90 Å². The summed E-state index contributed by atoms with van der Waals surface area (Å²) in [6.07, 6.45) is 1.92. The highest BCUT2D eigenvalue weighted by molar-refractivity contribution is 7.98. The van der Waals surface area contributed by atoms with Crippen molar-refractivity contribution in [1.82, 2.24) is 4.72 Å². The van der Waals surface area contributed by atoms with E-state index in [2.05, 4.69) is 4.72 Å². The van der Waals surface area contributed by atoms with Gasteiger partial charge in [-0.25, -0.2) is 13.1 Å². The first-order valence-corrected chi connectivity index (χ1v) is 6.94. The van der Waals surface area contributed by atoms with Crippen molar-refractivity contribution in [1.29, 1.82) is 0 Å². The standard InChI is InChI=1S/C9H13NO2S2/c1-3-10-14(11,12)9-6-4-5-8(7-9)13-2/h4-7,10H,3H2,1-2H3. The number of nitrogens with one attached hydrogen (secondary N) is 1. The van der Waals surface area contributed by atoms with Crippen LogP contribution in [0.2, 0.25) is 0 Å². The number of thioether (sulfide) groups is 1. The van der Waals surface area contributed by atoms with Crippen molar-refractivity contribution in [3.63, 3.8) is 0 Å². The van der Waals surface area contributed by atoms with E-state index >= 15 is 0 Å². The van der Waals surface area contributed by atoms with Crippen LogP contribution < -0.4 is 4.72 Å². The fraction of sp³-hybridized carbons (Fsp3) is 0.333. The van der Waals surface area contributed by atoms with Gasteiger partial charge in [-0.1, -0.05) is 13.0 Å². The Kier molecular flexibility index (Phi) is 3.97. The molecule has 0 unspecified atom stereocenters. The molecular weight excluding hydrogens is 218 g/mol. The Morgan fingerprint density at radius 2 is 2.14 bits per heavy atom. The zero-order valence-electron chi connectivity index (χ0n) is 8.15. The van der Waals surface area contributed by atoms with Crippen LogP contribution in [0.1, 0.15) is 6.92 Å². The SMILES string of the molecule is CCNS(=O)(=O)c1cccc(SC)c1.